The molecule has 0 bridgehead atoms. The molecule has 4 heterocycles. The first-order valence-corrected chi connectivity index (χ1v) is 9.89. The second-order valence-corrected chi connectivity index (χ2v) is 7.06. The van der Waals surface area contributed by atoms with E-state index in [1.807, 2.05) is 12.3 Å². The number of ether oxygens (including phenoxy) is 1. The number of hydrogen-bond acceptors (Lipinski definition) is 5. The standard InChI is InChI=1S/C19H21BrN4O2/c20-11-14-4-7-18(25)24(13-14)22-17-6-5-15(12-21-17)16-3-1-2-9-23(16)19-8-10-26-19/h1-2,4-7,12-13,16,19H,3,8-11H2,(H,21,22). The van der Waals surface area contributed by atoms with Crippen LogP contribution in [0, 0.1) is 0 Å². The highest BCUT2D eigenvalue weighted by molar-refractivity contribution is 9.08. The van der Waals surface area contributed by atoms with Crippen LogP contribution in [-0.4, -0.2) is 33.9 Å². The van der Waals surface area contributed by atoms with Gasteiger partial charge in [0.05, 0.1) is 6.61 Å². The molecule has 2 atom stereocenters. The number of nitrogens with zero attached hydrogens (tertiary/aromatic N) is 3. The first-order chi connectivity index (χ1) is 12.7. The zero-order valence-electron chi connectivity index (χ0n) is 14.3. The van der Waals surface area contributed by atoms with Crippen molar-refractivity contribution in [2.45, 2.75) is 30.4 Å². The highest BCUT2D eigenvalue weighted by atomic mass is 79.9. The Morgan fingerprint density at radius 3 is 2.85 bits per heavy atom. The van der Waals surface area contributed by atoms with Crippen molar-refractivity contribution in [1.82, 2.24) is 14.6 Å². The molecule has 1 N–H and O–H groups in total. The second kappa shape index (κ2) is 7.73. The molecule has 2 aromatic rings. The third-order valence-electron chi connectivity index (χ3n) is 4.82. The van der Waals surface area contributed by atoms with Crippen LogP contribution in [0.4, 0.5) is 5.82 Å². The molecule has 2 unspecified atom stereocenters. The molecule has 6 nitrogen and oxygen atoms in total. The molecular weight excluding hydrogens is 396 g/mol. The van der Waals surface area contributed by atoms with E-state index >= 15 is 0 Å². The van der Waals surface area contributed by atoms with Crippen LogP contribution in [0.25, 0.3) is 0 Å². The van der Waals surface area contributed by atoms with E-state index in [2.05, 4.69) is 49.5 Å². The van der Waals surface area contributed by atoms with Crippen molar-refractivity contribution < 1.29 is 4.74 Å². The van der Waals surface area contributed by atoms with Crippen molar-refractivity contribution >= 4 is 21.7 Å². The van der Waals surface area contributed by atoms with Gasteiger partial charge in [-0.05, 0) is 23.6 Å². The Kier molecular flexibility index (Phi) is 5.19. The molecule has 0 amide bonds. The van der Waals surface area contributed by atoms with Gasteiger partial charge in [0.2, 0.25) is 0 Å². The lowest BCUT2D eigenvalue weighted by Crippen LogP contribution is -2.47. The fourth-order valence-electron chi connectivity index (χ4n) is 3.30. The Bertz CT molecular complexity index is 845. The predicted molar refractivity (Wildman–Crippen MR) is 104 cm³/mol. The molecule has 0 saturated carbocycles. The minimum atomic E-state index is -0.119. The van der Waals surface area contributed by atoms with Crippen LogP contribution in [0.3, 0.4) is 0 Å². The average Bonchev–Trinajstić information content (AvgIpc) is 2.63. The van der Waals surface area contributed by atoms with E-state index in [1.165, 1.54) is 4.68 Å². The molecule has 7 heteroatoms. The molecule has 2 aromatic heterocycles. The van der Waals surface area contributed by atoms with Gasteiger partial charge in [-0.2, -0.15) is 0 Å². The summed E-state index contributed by atoms with van der Waals surface area (Å²) >= 11 is 3.40. The second-order valence-electron chi connectivity index (χ2n) is 6.50. The van der Waals surface area contributed by atoms with Gasteiger partial charge in [0.1, 0.15) is 12.0 Å². The minimum absolute atomic E-state index is 0.119. The van der Waals surface area contributed by atoms with Crippen molar-refractivity contribution in [1.29, 1.82) is 0 Å². The summed E-state index contributed by atoms with van der Waals surface area (Å²) in [5.41, 5.74) is 5.11. The van der Waals surface area contributed by atoms with Crippen LogP contribution in [0.2, 0.25) is 0 Å². The van der Waals surface area contributed by atoms with Gasteiger partial charge < -0.3 is 4.74 Å². The number of nitrogens with one attached hydrogen (secondary N) is 1. The van der Waals surface area contributed by atoms with Gasteiger partial charge in [0.15, 0.2) is 0 Å². The Balaban J connectivity index is 1.51. The van der Waals surface area contributed by atoms with Crippen LogP contribution in [0.5, 0.6) is 0 Å². The van der Waals surface area contributed by atoms with E-state index in [1.54, 1.807) is 18.3 Å². The van der Waals surface area contributed by atoms with Crippen molar-refractivity contribution in [2.75, 3.05) is 18.6 Å². The fourth-order valence-corrected chi connectivity index (χ4v) is 3.64. The van der Waals surface area contributed by atoms with Crippen LogP contribution in [0.15, 0.2) is 53.6 Å². The lowest BCUT2D eigenvalue weighted by atomic mass is 9.99. The molecule has 4 rings (SSSR count). The summed E-state index contributed by atoms with van der Waals surface area (Å²) < 4.78 is 7.13. The molecule has 0 spiro atoms. The monoisotopic (exact) mass is 416 g/mol. The number of rotatable bonds is 5. The lowest BCUT2D eigenvalue weighted by molar-refractivity contribution is -0.156. The van der Waals surface area contributed by atoms with Crippen LogP contribution in [0.1, 0.15) is 30.0 Å². The van der Waals surface area contributed by atoms with E-state index in [0.29, 0.717) is 11.1 Å². The van der Waals surface area contributed by atoms with Gasteiger partial charge in [-0.25, -0.2) is 9.66 Å². The molecule has 0 aromatic carbocycles. The molecular formula is C19H21BrN4O2. The minimum Gasteiger partial charge on any atom is -0.363 e. The molecule has 0 aliphatic carbocycles. The van der Waals surface area contributed by atoms with Crippen molar-refractivity contribution in [2.24, 2.45) is 0 Å². The third kappa shape index (κ3) is 3.60. The Labute approximate surface area is 160 Å². The summed E-state index contributed by atoms with van der Waals surface area (Å²) in [6, 6.07) is 7.62. The van der Waals surface area contributed by atoms with Gasteiger partial charge >= 0.3 is 0 Å². The molecule has 2 aliphatic heterocycles. The summed E-state index contributed by atoms with van der Waals surface area (Å²) in [7, 11) is 0. The van der Waals surface area contributed by atoms with E-state index in [0.717, 1.165) is 37.1 Å². The molecule has 1 fully saturated rings. The topological polar surface area (TPSA) is 59.4 Å². The van der Waals surface area contributed by atoms with Gasteiger partial charge in [-0.3, -0.25) is 15.1 Å². The highest BCUT2D eigenvalue weighted by Gasteiger charge is 2.32. The molecule has 26 heavy (non-hydrogen) atoms. The largest absolute Gasteiger partial charge is 0.363 e. The normalized spacial score (nSPS) is 22.8. The summed E-state index contributed by atoms with van der Waals surface area (Å²) in [6.45, 7) is 1.75. The van der Waals surface area contributed by atoms with E-state index in [-0.39, 0.29) is 17.8 Å². The molecule has 1 saturated heterocycles. The van der Waals surface area contributed by atoms with Crippen molar-refractivity contribution in [3.05, 3.63) is 70.3 Å². The van der Waals surface area contributed by atoms with Crippen molar-refractivity contribution in [3.8, 4) is 0 Å². The number of alkyl halides is 1. The maximum absolute atomic E-state index is 12.0. The lowest BCUT2D eigenvalue weighted by Gasteiger charge is -2.43. The Hall–Kier alpha value is -1.96. The van der Waals surface area contributed by atoms with Gasteiger partial charge in [0, 0.05) is 42.8 Å². The summed E-state index contributed by atoms with van der Waals surface area (Å²) in [4.78, 5) is 18.9. The molecule has 2 aliphatic rings. The van der Waals surface area contributed by atoms with Gasteiger partial charge in [-0.15, -0.1) is 0 Å². The SMILES string of the molecule is O=c1ccc(CBr)cn1Nc1ccc(C2CC=CCN2C2CCO2)cn1. The first kappa shape index (κ1) is 17.5. The van der Waals surface area contributed by atoms with Crippen LogP contribution >= 0.6 is 15.9 Å². The number of anilines is 1. The van der Waals surface area contributed by atoms with E-state index in [4.69, 9.17) is 4.74 Å². The quantitative estimate of drug-likeness (QED) is 0.599. The molecule has 0 radical (unpaired) electrons. The number of pyridine rings is 2. The maximum Gasteiger partial charge on any atom is 0.269 e. The van der Waals surface area contributed by atoms with Gasteiger partial charge in [0.25, 0.3) is 5.56 Å². The maximum atomic E-state index is 12.0. The zero-order valence-corrected chi connectivity index (χ0v) is 15.9. The van der Waals surface area contributed by atoms with Gasteiger partial charge in [-0.1, -0.05) is 40.2 Å². The predicted octanol–water partition coefficient (Wildman–Crippen LogP) is 3.06. The number of hydrogen-bond donors (Lipinski definition) is 1. The Morgan fingerprint density at radius 2 is 2.15 bits per heavy atom. The summed E-state index contributed by atoms with van der Waals surface area (Å²) in [5, 5.41) is 0.690. The van der Waals surface area contributed by atoms with Crippen LogP contribution in [-0.2, 0) is 10.1 Å². The summed E-state index contributed by atoms with van der Waals surface area (Å²) in [6.07, 6.45) is 10.3. The Morgan fingerprint density at radius 1 is 1.27 bits per heavy atom. The smallest absolute Gasteiger partial charge is 0.269 e. The van der Waals surface area contributed by atoms with E-state index in [9.17, 15) is 4.79 Å². The highest BCUT2D eigenvalue weighted by Crippen LogP contribution is 2.33. The number of halogens is 1. The number of aromatic nitrogens is 2. The van der Waals surface area contributed by atoms with E-state index < -0.39 is 0 Å². The third-order valence-corrected chi connectivity index (χ3v) is 5.47. The van der Waals surface area contributed by atoms with Crippen LogP contribution < -0.4 is 11.0 Å². The fraction of sp³-hybridized carbons (Fsp3) is 0.368. The zero-order chi connectivity index (χ0) is 17.9. The summed E-state index contributed by atoms with van der Waals surface area (Å²) in [5.74, 6) is 0.639. The molecule has 136 valence electrons. The van der Waals surface area contributed by atoms with Crippen molar-refractivity contribution in [3.63, 3.8) is 0 Å². The average molecular weight is 417 g/mol. The first-order valence-electron chi connectivity index (χ1n) is 8.77.